The van der Waals surface area contributed by atoms with Crippen LogP contribution >= 0.6 is 0 Å². The van der Waals surface area contributed by atoms with Gasteiger partial charge in [-0.25, -0.2) is 0 Å². The van der Waals surface area contributed by atoms with Gasteiger partial charge in [-0.1, -0.05) is 0 Å². The lowest BCUT2D eigenvalue weighted by molar-refractivity contribution is -0.185. The fourth-order valence-corrected chi connectivity index (χ4v) is 1.84. The van der Waals surface area contributed by atoms with E-state index in [4.69, 9.17) is 14.6 Å². The van der Waals surface area contributed by atoms with Crippen LogP contribution in [0.4, 0.5) is 0 Å². The number of rotatable bonds is 4. The molecule has 2 rings (SSSR count). The Bertz CT molecular complexity index is 294. The minimum Gasteiger partial charge on any atom is -0.480 e. The Morgan fingerprint density at radius 3 is 2.62 bits per heavy atom. The van der Waals surface area contributed by atoms with Gasteiger partial charge < -0.3 is 19.9 Å². The third kappa shape index (κ3) is 1.90. The molecule has 16 heavy (non-hydrogen) atoms. The molecule has 0 aromatic carbocycles. The SMILES string of the molecule is O=C(O)C1(C(=O)NCC2CCCO2)COC1. The van der Waals surface area contributed by atoms with Gasteiger partial charge in [-0.3, -0.25) is 9.59 Å². The van der Waals surface area contributed by atoms with Crippen molar-refractivity contribution >= 4 is 11.9 Å². The number of hydrogen-bond acceptors (Lipinski definition) is 4. The molecule has 0 saturated carbocycles. The van der Waals surface area contributed by atoms with Crippen molar-refractivity contribution in [2.45, 2.75) is 18.9 Å². The summed E-state index contributed by atoms with van der Waals surface area (Å²) in [6.07, 6.45) is 1.93. The summed E-state index contributed by atoms with van der Waals surface area (Å²) >= 11 is 0. The number of nitrogens with one attached hydrogen (secondary N) is 1. The van der Waals surface area contributed by atoms with E-state index in [0.29, 0.717) is 13.2 Å². The van der Waals surface area contributed by atoms with Crippen molar-refractivity contribution in [3.8, 4) is 0 Å². The highest BCUT2D eigenvalue weighted by molar-refractivity contribution is 6.03. The molecule has 0 aromatic heterocycles. The maximum atomic E-state index is 11.7. The number of hydrogen-bond donors (Lipinski definition) is 2. The first kappa shape index (κ1) is 11.3. The smallest absolute Gasteiger partial charge is 0.324 e. The Labute approximate surface area is 92.9 Å². The molecule has 90 valence electrons. The van der Waals surface area contributed by atoms with E-state index < -0.39 is 17.3 Å². The Balaban J connectivity index is 1.84. The molecule has 6 nitrogen and oxygen atoms in total. The van der Waals surface area contributed by atoms with Crippen molar-refractivity contribution in [2.24, 2.45) is 5.41 Å². The quantitative estimate of drug-likeness (QED) is 0.628. The van der Waals surface area contributed by atoms with Gasteiger partial charge in [0.2, 0.25) is 5.91 Å². The van der Waals surface area contributed by atoms with Crippen LogP contribution < -0.4 is 5.32 Å². The van der Waals surface area contributed by atoms with Crippen molar-refractivity contribution < 1.29 is 24.2 Å². The topological polar surface area (TPSA) is 84.9 Å². The highest BCUT2D eigenvalue weighted by atomic mass is 16.5. The van der Waals surface area contributed by atoms with Crippen LogP contribution in [0.5, 0.6) is 0 Å². The second-order valence-electron chi connectivity index (χ2n) is 4.23. The molecule has 2 aliphatic heterocycles. The zero-order chi connectivity index (χ0) is 11.6. The van der Waals surface area contributed by atoms with Gasteiger partial charge in [-0.15, -0.1) is 0 Å². The van der Waals surface area contributed by atoms with Crippen molar-refractivity contribution in [3.63, 3.8) is 0 Å². The first-order valence-electron chi connectivity index (χ1n) is 5.36. The maximum absolute atomic E-state index is 11.7. The van der Waals surface area contributed by atoms with Crippen molar-refractivity contribution in [2.75, 3.05) is 26.4 Å². The van der Waals surface area contributed by atoms with E-state index >= 15 is 0 Å². The predicted molar refractivity (Wildman–Crippen MR) is 52.9 cm³/mol. The predicted octanol–water partition coefficient (Wildman–Crippen LogP) is -0.617. The van der Waals surface area contributed by atoms with E-state index in [-0.39, 0.29) is 19.3 Å². The molecular weight excluding hydrogens is 214 g/mol. The van der Waals surface area contributed by atoms with Crippen molar-refractivity contribution in [1.82, 2.24) is 5.32 Å². The average Bonchev–Trinajstić information content (AvgIpc) is 2.64. The number of carbonyl (C=O) groups excluding carboxylic acids is 1. The van der Waals surface area contributed by atoms with Gasteiger partial charge in [0, 0.05) is 13.2 Å². The zero-order valence-corrected chi connectivity index (χ0v) is 8.90. The molecule has 0 aliphatic carbocycles. The van der Waals surface area contributed by atoms with E-state index in [2.05, 4.69) is 5.32 Å². The lowest BCUT2D eigenvalue weighted by Gasteiger charge is -2.35. The summed E-state index contributed by atoms with van der Waals surface area (Å²) in [4.78, 5) is 22.7. The molecule has 2 fully saturated rings. The highest BCUT2D eigenvalue weighted by Gasteiger charge is 2.53. The minimum atomic E-state index is -1.38. The summed E-state index contributed by atoms with van der Waals surface area (Å²) in [5, 5.41) is 11.6. The molecule has 0 aromatic rings. The number of ether oxygens (including phenoxy) is 2. The number of carboxylic acid groups (broad SMARTS) is 1. The molecule has 6 heteroatoms. The van der Waals surface area contributed by atoms with Crippen LogP contribution in [0.3, 0.4) is 0 Å². The number of carbonyl (C=O) groups is 2. The second-order valence-corrected chi connectivity index (χ2v) is 4.23. The molecule has 0 spiro atoms. The Morgan fingerprint density at radius 1 is 1.44 bits per heavy atom. The third-order valence-corrected chi connectivity index (χ3v) is 3.06. The fourth-order valence-electron chi connectivity index (χ4n) is 1.84. The summed E-state index contributed by atoms with van der Waals surface area (Å²) < 4.78 is 10.2. The van der Waals surface area contributed by atoms with Gasteiger partial charge in [0.15, 0.2) is 5.41 Å². The first-order valence-corrected chi connectivity index (χ1v) is 5.36. The van der Waals surface area contributed by atoms with Gasteiger partial charge in [0.25, 0.3) is 0 Å². The summed E-state index contributed by atoms with van der Waals surface area (Å²) in [7, 11) is 0. The standard InChI is InChI=1S/C10H15NO5/c12-8(10(9(13)14)5-15-6-10)11-4-7-2-1-3-16-7/h7H,1-6H2,(H,11,12)(H,13,14). The minimum absolute atomic E-state index is 0.0239. The molecular formula is C10H15NO5. The number of amides is 1. The Hall–Kier alpha value is -1.14. The highest BCUT2D eigenvalue weighted by Crippen LogP contribution is 2.28. The zero-order valence-electron chi connectivity index (χ0n) is 8.90. The normalized spacial score (nSPS) is 27.1. The molecule has 2 saturated heterocycles. The van der Waals surface area contributed by atoms with Crippen LogP contribution in [-0.4, -0.2) is 49.5 Å². The van der Waals surface area contributed by atoms with Crippen LogP contribution in [-0.2, 0) is 19.1 Å². The van der Waals surface area contributed by atoms with Crippen molar-refractivity contribution in [3.05, 3.63) is 0 Å². The van der Waals surface area contributed by atoms with Crippen LogP contribution in [0.15, 0.2) is 0 Å². The molecule has 0 radical (unpaired) electrons. The summed E-state index contributed by atoms with van der Waals surface area (Å²) in [5.74, 6) is -1.59. The van der Waals surface area contributed by atoms with E-state index in [0.717, 1.165) is 12.8 Å². The van der Waals surface area contributed by atoms with Gasteiger partial charge in [-0.2, -0.15) is 0 Å². The molecule has 1 unspecified atom stereocenters. The fraction of sp³-hybridized carbons (Fsp3) is 0.800. The molecule has 1 amide bonds. The maximum Gasteiger partial charge on any atom is 0.324 e. The summed E-state index contributed by atoms with van der Waals surface area (Å²) in [6, 6.07) is 0. The van der Waals surface area contributed by atoms with Crippen molar-refractivity contribution in [1.29, 1.82) is 0 Å². The Morgan fingerprint density at radius 2 is 2.19 bits per heavy atom. The van der Waals surface area contributed by atoms with Crippen LogP contribution in [0.25, 0.3) is 0 Å². The monoisotopic (exact) mass is 229 g/mol. The van der Waals surface area contributed by atoms with Crippen LogP contribution in [0, 0.1) is 5.41 Å². The third-order valence-electron chi connectivity index (χ3n) is 3.06. The molecule has 0 bridgehead atoms. The van der Waals surface area contributed by atoms with E-state index in [9.17, 15) is 9.59 Å². The lowest BCUT2D eigenvalue weighted by atomic mass is 9.85. The number of aliphatic carboxylic acids is 1. The largest absolute Gasteiger partial charge is 0.480 e. The average molecular weight is 229 g/mol. The summed E-state index contributed by atoms with van der Waals surface area (Å²) in [6.45, 7) is 1.01. The van der Waals surface area contributed by atoms with E-state index in [1.54, 1.807) is 0 Å². The van der Waals surface area contributed by atoms with Gasteiger partial charge in [0.1, 0.15) is 0 Å². The van der Waals surface area contributed by atoms with Gasteiger partial charge in [0.05, 0.1) is 19.3 Å². The van der Waals surface area contributed by atoms with E-state index in [1.165, 1.54) is 0 Å². The van der Waals surface area contributed by atoms with Crippen LogP contribution in [0.2, 0.25) is 0 Å². The number of carboxylic acids is 1. The van der Waals surface area contributed by atoms with E-state index in [1.807, 2.05) is 0 Å². The molecule has 2 aliphatic rings. The molecule has 2 heterocycles. The first-order chi connectivity index (χ1) is 7.65. The van der Waals surface area contributed by atoms with Gasteiger partial charge in [-0.05, 0) is 12.8 Å². The van der Waals surface area contributed by atoms with Crippen LogP contribution in [0.1, 0.15) is 12.8 Å². The molecule has 1 atom stereocenters. The Kier molecular flexibility index (Phi) is 3.11. The van der Waals surface area contributed by atoms with Gasteiger partial charge >= 0.3 is 5.97 Å². The lowest BCUT2D eigenvalue weighted by Crippen LogP contribution is -2.59. The summed E-state index contributed by atoms with van der Waals surface area (Å²) in [5.41, 5.74) is -1.38. The second kappa shape index (κ2) is 4.39. The molecule has 2 N–H and O–H groups in total.